The summed E-state index contributed by atoms with van der Waals surface area (Å²) in [5.41, 5.74) is 16.3. The van der Waals surface area contributed by atoms with E-state index in [0.29, 0.717) is 11.8 Å². The van der Waals surface area contributed by atoms with Gasteiger partial charge in [-0.15, -0.1) is 0 Å². The van der Waals surface area contributed by atoms with E-state index >= 15 is 0 Å². The monoisotopic (exact) mass is 482 g/mol. The topological polar surface area (TPSA) is 25.8 Å². The molecule has 2 heteroatoms. The Balaban J connectivity index is 1.21. The fourth-order valence-electron chi connectivity index (χ4n) is 8.31. The minimum atomic E-state index is 0.213. The highest BCUT2D eigenvalue weighted by Gasteiger charge is 2.45. The first-order valence-corrected chi connectivity index (χ1v) is 15.5. The van der Waals surface area contributed by atoms with E-state index in [2.05, 4.69) is 34.6 Å². The van der Waals surface area contributed by atoms with Crippen molar-refractivity contribution in [1.82, 2.24) is 9.97 Å². The highest BCUT2D eigenvalue weighted by atomic mass is 14.8. The van der Waals surface area contributed by atoms with Crippen LogP contribution in [0.15, 0.2) is 0 Å². The first kappa shape index (κ1) is 23.4. The lowest BCUT2D eigenvalue weighted by Crippen LogP contribution is -2.20. The van der Waals surface area contributed by atoms with E-state index in [-0.39, 0.29) is 5.41 Å². The molecule has 0 radical (unpaired) electrons. The zero-order valence-electron chi connectivity index (χ0n) is 23.5. The normalized spacial score (nSPS) is 25.7. The molecule has 3 fully saturated rings. The largest absolute Gasteiger partial charge is 0.257 e. The number of pyridine rings is 2. The van der Waals surface area contributed by atoms with E-state index in [9.17, 15) is 0 Å². The Morgan fingerprint density at radius 3 is 2.11 bits per heavy atom. The molecule has 0 amide bonds. The number of fused-ring (bicyclic) bond motifs is 2. The average Bonchev–Trinajstić information content (AvgIpc) is 3.77. The van der Waals surface area contributed by atoms with Gasteiger partial charge in [0.15, 0.2) is 0 Å². The Hall–Kier alpha value is -1.70. The van der Waals surface area contributed by atoms with Crippen molar-refractivity contribution in [2.24, 2.45) is 5.92 Å². The molecule has 3 unspecified atom stereocenters. The maximum atomic E-state index is 5.44. The van der Waals surface area contributed by atoms with Gasteiger partial charge in [0, 0.05) is 34.6 Å². The second-order valence-electron chi connectivity index (χ2n) is 14.1. The number of aromatic nitrogens is 2. The molecule has 3 saturated carbocycles. The summed E-state index contributed by atoms with van der Waals surface area (Å²) in [6.45, 7) is 12.2. The van der Waals surface area contributed by atoms with Gasteiger partial charge in [-0.3, -0.25) is 9.97 Å². The Labute approximate surface area is 219 Å². The predicted molar refractivity (Wildman–Crippen MR) is 148 cm³/mol. The van der Waals surface area contributed by atoms with Gasteiger partial charge in [-0.25, -0.2) is 0 Å². The van der Waals surface area contributed by atoms with Gasteiger partial charge in [-0.05, 0) is 140 Å². The van der Waals surface area contributed by atoms with Crippen LogP contribution in [0.25, 0.3) is 0 Å². The molecule has 7 rings (SSSR count). The van der Waals surface area contributed by atoms with Crippen molar-refractivity contribution in [3.63, 3.8) is 0 Å². The zero-order valence-corrected chi connectivity index (χ0v) is 23.5. The lowest BCUT2D eigenvalue weighted by atomic mass is 9.78. The van der Waals surface area contributed by atoms with Crippen LogP contribution in [0.1, 0.15) is 166 Å². The van der Waals surface area contributed by atoms with E-state index in [1.807, 2.05) is 0 Å². The molecular weight excluding hydrogens is 436 g/mol. The Morgan fingerprint density at radius 2 is 1.47 bits per heavy atom. The Bertz CT molecular complexity index is 1210. The van der Waals surface area contributed by atoms with E-state index in [0.717, 1.165) is 24.2 Å². The van der Waals surface area contributed by atoms with Crippen LogP contribution in [0, 0.1) is 5.92 Å². The van der Waals surface area contributed by atoms with Crippen LogP contribution in [0.3, 0.4) is 0 Å². The second-order valence-corrected chi connectivity index (χ2v) is 14.1. The van der Waals surface area contributed by atoms with E-state index in [1.54, 1.807) is 39.1 Å². The molecular formula is C34H46N2. The van der Waals surface area contributed by atoms with Crippen molar-refractivity contribution < 1.29 is 0 Å². The maximum absolute atomic E-state index is 5.44. The van der Waals surface area contributed by atoms with Gasteiger partial charge < -0.3 is 0 Å². The third kappa shape index (κ3) is 3.88. The van der Waals surface area contributed by atoms with Crippen molar-refractivity contribution in [1.29, 1.82) is 0 Å². The van der Waals surface area contributed by atoms with E-state index in [4.69, 9.17) is 9.97 Å². The van der Waals surface area contributed by atoms with Crippen molar-refractivity contribution >= 4 is 0 Å². The fourth-order valence-corrected chi connectivity index (χ4v) is 8.31. The molecule has 2 aromatic heterocycles. The van der Waals surface area contributed by atoms with Crippen LogP contribution in [0.5, 0.6) is 0 Å². The summed E-state index contributed by atoms with van der Waals surface area (Å²) in [6.07, 6.45) is 17.0. The van der Waals surface area contributed by atoms with Gasteiger partial charge in [0.2, 0.25) is 0 Å². The molecule has 2 heterocycles. The number of aryl methyl sites for hydroxylation is 2. The van der Waals surface area contributed by atoms with Crippen LogP contribution in [-0.2, 0) is 37.5 Å². The molecule has 0 aromatic carbocycles. The van der Waals surface area contributed by atoms with Crippen molar-refractivity contribution in [2.45, 2.75) is 147 Å². The molecule has 2 nitrogen and oxygen atoms in total. The fraction of sp³-hybridized carbons (Fsp3) is 0.706. The highest BCUT2D eigenvalue weighted by molar-refractivity contribution is 5.51. The van der Waals surface area contributed by atoms with Gasteiger partial charge in [-0.1, -0.05) is 34.6 Å². The number of hydrogen-bond donors (Lipinski definition) is 0. The van der Waals surface area contributed by atoms with Crippen molar-refractivity contribution in [3.8, 4) is 0 Å². The second kappa shape index (κ2) is 8.40. The predicted octanol–water partition coefficient (Wildman–Crippen LogP) is 8.37. The molecule has 5 aliphatic rings. The summed E-state index contributed by atoms with van der Waals surface area (Å²) in [7, 11) is 0. The van der Waals surface area contributed by atoms with Crippen molar-refractivity contribution in [3.05, 3.63) is 56.2 Å². The summed E-state index contributed by atoms with van der Waals surface area (Å²) in [4.78, 5) is 10.8. The van der Waals surface area contributed by atoms with Crippen molar-refractivity contribution in [2.75, 3.05) is 0 Å². The third-order valence-electron chi connectivity index (χ3n) is 10.2. The molecule has 0 bridgehead atoms. The Morgan fingerprint density at radius 1 is 0.833 bits per heavy atom. The molecule has 0 aliphatic heterocycles. The summed E-state index contributed by atoms with van der Waals surface area (Å²) < 4.78 is 0. The molecule has 0 saturated heterocycles. The highest BCUT2D eigenvalue weighted by Crippen LogP contribution is 2.57. The van der Waals surface area contributed by atoms with Crippen LogP contribution >= 0.6 is 0 Å². The summed E-state index contributed by atoms with van der Waals surface area (Å²) in [6, 6.07) is 0. The van der Waals surface area contributed by atoms with Crippen LogP contribution in [0.4, 0.5) is 0 Å². The quantitative estimate of drug-likeness (QED) is 0.396. The summed E-state index contributed by atoms with van der Waals surface area (Å²) in [5, 5.41) is 0. The van der Waals surface area contributed by atoms with Gasteiger partial charge in [0.25, 0.3) is 0 Å². The summed E-state index contributed by atoms with van der Waals surface area (Å²) >= 11 is 0. The number of nitrogens with zero attached hydrogens (tertiary/aromatic N) is 2. The molecule has 3 atom stereocenters. The number of hydrogen-bond acceptors (Lipinski definition) is 2. The molecule has 0 spiro atoms. The lowest BCUT2D eigenvalue weighted by molar-refractivity contribution is 0.567. The summed E-state index contributed by atoms with van der Waals surface area (Å²) in [5.74, 6) is 3.78. The Kier molecular flexibility index (Phi) is 5.47. The first-order chi connectivity index (χ1) is 17.3. The smallest absolute Gasteiger partial charge is 0.0475 e. The van der Waals surface area contributed by atoms with Crippen LogP contribution in [0.2, 0.25) is 0 Å². The van der Waals surface area contributed by atoms with E-state index in [1.165, 1.54) is 94.1 Å². The number of rotatable bonds is 7. The minimum Gasteiger partial charge on any atom is -0.257 e. The molecule has 2 aromatic rings. The first-order valence-electron chi connectivity index (χ1n) is 15.5. The van der Waals surface area contributed by atoms with Crippen LogP contribution in [-0.4, -0.2) is 9.97 Å². The van der Waals surface area contributed by atoms with E-state index < -0.39 is 0 Å². The van der Waals surface area contributed by atoms with Gasteiger partial charge in [0.05, 0.1) is 0 Å². The minimum absolute atomic E-state index is 0.213. The molecule has 5 aliphatic carbocycles. The lowest BCUT2D eigenvalue weighted by Gasteiger charge is -2.28. The molecule has 0 N–H and O–H groups in total. The van der Waals surface area contributed by atoms with Gasteiger partial charge in [-0.2, -0.15) is 0 Å². The maximum Gasteiger partial charge on any atom is 0.0475 e. The standard InChI is InChI=1S/C34H46N2/c1-6-23-31(34(3,4)5)25-10-8-12-28(25)36-33(23)26-18-22(26)17-19(2)29-24-9-7-11-27(24)35-32(21-15-16-21)30(29)20-13-14-20/h19-22,26H,6-18H2,1-5H3. The van der Waals surface area contributed by atoms with Gasteiger partial charge in [0.1, 0.15) is 0 Å². The zero-order chi connectivity index (χ0) is 24.8. The molecule has 192 valence electrons. The SMILES string of the molecule is CCc1c(C2CC2CC(C)c2c3c(nc(C4CC4)c2C2CC2)CCC3)nc2c(c1C(C)(C)C)CCC2. The van der Waals surface area contributed by atoms with Crippen LogP contribution < -0.4 is 0 Å². The molecule has 36 heavy (non-hydrogen) atoms. The third-order valence-corrected chi connectivity index (χ3v) is 10.2. The average molecular weight is 483 g/mol. The van der Waals surface area contributed by atoms with Gasteiger partial charge >= 0.3 is 0 Å².